The van der Waals surface area contributed by atoms with Crippen LogP contribution in [0.2, 0.25) is 0 Å². The second-order valence-electron chi connectivity index (χ2n) is 3.77. The number of alkyl halides is 13. The van der Waals surface area contributed by atoms with Gasteiger partial charge in [0, 0.05) is 0 Å². The zero-order valence-corrected chi connectivity index (χ0v) is 11.8. The van der Waals surface area contributed by atoms with E-state index in [0.29, 0.717) is 0 Å². The van der Waals surface area contributed by atoms with Gasteiger partial charge in [-0.25, -0.2) is 0 Å². The van der Waals surface area contributed by atoms with E-state index >= 15 is 0 Å². The molecule has 0 amide bonds. The maximum absolute atomic E-state index is 13.0. The predicted octanol–water partition coefficient (Wildman–Crippen LogP) is 5.90. The molecule has 0 radical (unpaired) electrons. The lowest BCUT2D eigenvalue weighted by atomic mass is 9.94. The Morgan fingerprint density at radius 2 is 0.909 bits per heavy atom. The van der Waals surface area contributed by atoms with Gasteiger partial charge in [-0.05, 0) is 27.5 Å². The number of hydrogen-bond donors (Lipinski definition) is 0. The largest absolute Gasteiger partial charge is 0.393 e. The van der Waals surface area contributed by atoms with Crippen LogP contribution in [0.25, 0.3) is 0 Å². The summed E-state index contributed by atoms with van der Waals surface area (Å²) >= 11 is 5.00. The number of halogens is 14. The molecule has 0 nitrogen and oxygen atoms in total. The molecule has 0 N–H and O–H groups in total. The third-order valence-corrected chi connectivity index (χ3v) is 3.01. The van der Waals surface area contributed by atoms with Crippen LogP contribution in [0.15, 0.2) is 11.1 Å². The van der Waals surface area contributed by atoms with Gasteiger partial charge >= 0.3 is 35.0 Å². The minimum Gasteiger partial charge on any atom is -0.193 e. The second kappa shape index (κ2) is 5.35. The molecule has 22 heavy (non-hydrogen) atoms. The summed E-state index contributed by atoms with van der Waals surface area (Å²) in [4.78, 5) is 0. The minimum absolute atomic E-state index is 1.52. The Balaban J connectivity index is 6.29. The van der Waals surface area contributed by atoms with Gasteiger partial charge in [0.15, 0.2) is 0 Å². The molecule has 0 fully saturated rings. The van der Waals surface area contributed by atoms with Crippen molar-refractivity contribution in [3.05, 3.63) is 11.1 Å². The van der Waals surface area contributed by atoms with Crippen molar-refractivity contribution in [1.82, 2.24) is 0 Å². The zero-order valence-electron chi connectivity index (χ0n) is 9.50. The summed E-state index contributed by atoms with van der Waals surface area (Å²) < 4.78 is 150. The first-order valence-electron chi connectivity index (χ1n) is 4.50. The zero-order chi connectivity index (χ0) is 18.6. The normalized spacial score (nSPS) is 15.9. The van der Waals surface area contributed by atoms with Crippen LogP contribution in [0.3, 0.4) is 0 Å². The monoisotopic (exact) mass is 440 g/mol. The molecule has 0 aliphatic rings. The van der Waals surface area contributed by atoms with Crippen molar-refractivity contribution in [1.29, 1.82) is 0 Å². The smallest absolute Gasteiger partial charge is 0.193 e. The summed E-state index contributed by atoms with van der Waals surface area (Å²) in [5.74, 6) is -35.9. The molecule has 0 atom stereocenters. The second-order valence-corrected chi connectivity index (χ2v) is 5.21. The van der Waals surface area contributed by atoms with Gasteiger partial charge in [-0.1, -0.05) is 6.58 Å². The molecule has 0 heterocycles. The van der Waals surface area contributed by atoms with Crippen LogP contribution in [0.5, 0.6) is 0 Å². The number of rotatable bonds is 6. The predicted molar refractivity (Wildman–Crippen MR) is 53.6 cm³/mol. The Morgan fingerprint density at radius 3 is 1.14 bits per heavy atom. The highest BCUT2D eigenvalue weighted by Crippen LogP contribution is 2.61. The van der Waals surface area contributed by atoms with E-state index in [4.69, 9.17) is 0 Å². The SMILES string of the molecule is C=C(Br)C(F)(F)C(F)(F)C(F)(F)C(F)(F)C(F)(F)C(F)(F)Cl. The van der Waals surface area contributed by atoms with Gasteiger partial charge in [-0.15, -0.1) is 0 Å². The molecule has 0 saturated carbocycles. The van der Waals surface area contributed by atoms with E-state index in [2.05, 4.69) is 11.6 Å². The highest BCUT2D eigenvalue weighted by molar-refractivity contribution is 9.11. The fraction of sp³-hybridized carbons (Fsp3) is 0.750. The summed E-state index contributed by atoms with van der Waals surface area (Å²) in [6, 6.07) is 0. The molecule has 0 aliphatic carbocycles. The molecular weight excluding hydrogens is 439 g/mol. The van der Waals surface area contributed by atoms with Gasteiger partial charge in [-0.3, -0.25) is 0 Å². The van der Waals surface area contributed by atoms with Gasteiger partial charge in [0.2, 0.25) is 0 Å². The van der Waals surface area contributed by atoms with Crippen LogP contribution < -0.4 is 0 Å². The standard InChI is InChI=1S/C8H2BrClF12/c1-2(9)3(11,12)4(13,14)5(15,16)6(17,18)7(19,20)8(10,21)22/h1H2. The van der Waals surface area contributed by atoms with Crippen LogP contribution >= 0.6 is 27.5 Å². The molecule has 132 valence electrons. The molecule has 0 bridgehead atoms. The van der Waals surface area contributed by atoms with Crippen LogP contribution in [-0.2, 0) is 0 Å². The minimum atomic E-state index is -7.64. The third-order valence-electron chi connectivity index (χ3n) is 2.27. The van der Waals surface area contributed by atoms with Crippen LogP contribution in [0, 0.1) is 0 Å². The molecule has 14 heteroatoms. The molecular formula is C8H2BrClF12. The van der Waals surface area contributed by atoms with E-state index in [9.17, 15) is 52.7 Å². The van der Waals surface area contributed by atoms with Crippen molar-refractivity contribution in [3.63, 3.8) is 0 Å². The molecule has 0 aromatic carbocycles. The Labute approximate surface area is 127 Å². The Bertz CT molecular complexity index is 451. The van der Waals surface area contributed by atoms with Crippen molar-refractivity contribution in [2.75, 3.05) is 0 Å². The quantitative estimate of drug-likeness (QED) is 0.356. The summed E-state index contributed by atoms with van der Waals surface area (Å²) in [5.41, 5.74) is 0. The Morgan fingerprint density at radius 1 is 0.636 bits per heavy atom. The van der Waals surface area contributed by atoms with E-state index in [1.807, 2.05) is 6.58 Å². The molecule has 0 aliphatic heterocycles. The Kier molecular flexibility index (Phi) is 5.27. The van der Waals surface area contributed by atoms with E-state index < -0.39 is 39.5 Å². The maximum Gasteiger partial charge on any atom is 0.393 e. The molecule has 0 unspecified atom stereocenters. The number of allylic oxidation sites excluding steroid dienone is 1. The first kappa shape index (κ1) is 21.7. The molecule has 0 aromatic heterocycles. The van der Waals surface area contributed by atoms with E-state index in [1.165, 1.54) is 15.9 Å². The van der Waals surface area contributed by atoms with Gasteiger partial charge in [0.25, 0.3) is 0 Å². The molecule has 0 saturated heterocycles. The summed E-state index contributed by atoms with van der Waals surface area (Å²) in [7, 11) is 0. The highest BCUT2D eigenvalue weighted by atomic mass is 79.9. The van der Waals surface area contributed by atoms with Gasteiger partial charge < -0.3 is 0 Å². The first-order chi connectivity index (χ1) is 9.19. The fourth-order valence-electron chi connectivity index (χ4n) is 0.940. The van der Waals surface area contributed by atoms with Crippen LogP contribution in [0.1, 0.15) is 0 Å². The van der Waals surface area contributed by atoms with Crippen molar-refractivity contribution in [2.24, 2.45) is 0 Å². The fourth-order valence-corrected chi connectivity index (χ4v) is 1.31. The average molecular weight is 441 g/mol. The lowest BCUT2D eigenvalue weighted by molar-refractivity contribution is -0.411. The lowest BCUT2D eigenvalue weighted by Gasteiger charge is -2.40. The van der Waals surface area contributed by atoms with Gasteiger partial charge in [0.05, 0.1) is 4.48 Å². The van der Waals surface area contributed by atoms with Gasteiger partial charge in [-0.2, -0.15) is 52.7 Å². The van der Waals surface area contributed by atoms with Gasteiger partial charge in [0.1, 0.15) is 0 Å². The van der Waals surface area contributed by atoms with Crippen molar-refractivity contribution in [3.8, 4) is 0 Å². The third kappa shape index (κ3) is 2.67. The van der Waals surface area contributed by atoms with E-state index in [-0.39, 0.29) is 0 Å². The van der Waals surface area contributed by atoms with Crippen molar-refractivity contribution >= 4 is 27.5 Å². The highest BCUT2D eigenvalue weighted by Gasteiger charge is 2.90. The van der Waals surface area contributed by atoms with Crippen LogP contribution in [-0.4, -0.2) is 35.0 Å². The van der Waals surface area contributed by atoms with Crippen LogP contribution in [0.4, 0.5) is 52.7 Å². The summed E-state index contributed by atoms with van der Waals surface area (Å²) in [6.45, 7) is 2.05. The Hall–Kier alpha value is -0.330. The topological polar surface area (TPSA) is 0 Å². The molecule has 0 aromatic rings. The molecule has 0 spiro atoms. The number of hydrogen-bond acceptors (Lipinski definition) is 0. The summed E-state index contributed by atoms with van der Waals surface area (Å²) in [6.07, 6.45) is 0. The van der Waals surface area contributed by atoms with E-state index in [1.54, 1.807) is 0 Å². The molecule has 0 rings (SSSR count). The maximum atomic E-state index is 13.0. The van der Waals surface area contributed by atoms with Crippen molar-refractivity contribution in [2.45, 2.75) is 35.0 Å². The van der Waals surface area contributed by atoms with E-state index in [0.717, 1.165) is 0 Å². The first-order valence-corrected chi connectivity index (χ1v) is 5.67. The summed E-state index contributed by atoms with van der Waals surface area (Å²) in [5, 5.41) is -6.43. The average Bonchev–Trinajstić information content (AvgIpc) is 2.25. The lowest BCUT2D eigenvalue weighted by Crippen LogP contribution is -2.69. The van der Waals surface area contributed by atoms with Crippen molar-refractivity contribution < 1.29 is 52.7 Å².